The van der Waals surface area contributed by atoms with Gasteiger partial charge in [-0.2, -0.15) is 0 Å². The van der Waals surface area contributed by atoms with Crippen LogP contribution in [-0.4, -0.2) is 17.7 Å². The Morgan fingerprint density at radius 3 is 2.43 bits per heavy atom. The van der Waals surface area contributed by atoms with Gasteiger partial charge in [-0.15, -0.1) is 0 Å². The van der Waals surface area contributed by atoms with Crippen molar-refractivity contribution in [3.63, 3.8) is 0 Å². The Kier molecular flexibility index (Phi) is 4.99. The first-order valence-corrected chi connectivity index (χ1v) is 7.12. The van der Waals surface area contributed by atoms with Gasteiger partial charge in [-0.1, -0.05) is 50.2 Å². The van der Waals surface area contributed by atoms with Gasteiger partial charge in [0.2, 0.25) is 0 Å². The van der Waals surface area contributed by atoms with E-state index in [1.54, 1.807) is 12.1 Å². The van der Waals surface area contributed by atoms with E-state index in [1.807, 2.05) is 38.1 Å². The lowest BCUT2D eigenvalue weighted by Crippen LogP contribution is -2.09. The molecule has 0 amide bonds. The van der Waals surface area contributed by atoms with E-state index in [4.69, 9.17) is 4.74 Å². The Balaban J connectivity index is 2.12. The van der Waals surface area contributed by atoms with Crippen LogP contribution in [0.2, 0.25) is 0 Å². The van der Waals surface area contributed by atoms with Crippen molar-refractivity contribution in [3.8, 4) is 5.75 Å². The average Bonchev–Trinajstić information content (AvgIpc) is 2.47. The molecule has 0 aliphatic carbocycles. The molecular formula is C18H20O3. The molecule has 0 aromatic heterocycles. The fourth-order valence-electron chi connectivity index (χ4n) is 2.38. The lowest BCUT2D eigenvalue weighted by molar-refractivity contribution is 0.0694. The van der Waals surface area contributed by atoms with Gasteiger partial charge in [0.05, 0.1) is 12.2 Å². The number of carbonyl (C=O) groups is 1. The van der Waals surface area contributed by atoms with Gasteiger partial charge in [-0.3, -0.25) is 0 Å². The molecule has 110 valence electrons. The van der Waals surface area contributed by atoms with Gasteiger partial charge in [0.25, 0.3) is 0 Å². The first-order valence-electron chi connectivity index (χ1n) is 7.12. The number of carboxylic acids is 1. The molecule has 2 rings (SSSR count). The van der Waals surface area contributed by atoms with Gasteiger partial charge in [0, 0.05) is 12.0 Å². The Morgan fingerprint density at radius 2 is 1.81 bits per heavy atom. The van der Waals surface area contributed by atoms with Gasteiger partial charge in [0.1, 0.15) is 5.75 Å². The number of hydrogen-bond acceptors (Lipinski definition) is 2. The summed E-state index contributed by atoms with van der Waals surface area (Å²) in [4.78, 5) is 11.3. The summed E-state index contributed by atoms with van der Waals surface area (Å²) < 4.78 is 5.83. The predicted octanol–water partition coefficient (Wildman–Crippen LogP) is 4.13. The maximum absolute atomic E-state index is 11.3. The number of carboxylic acid groups (broad SMARTS) is 1. The van der Waals surface area contributed by atoms with E-state index >= 15 is 0 Å². The van der Waals surface area contributed by atoms with Crippen molar-refractivity contribution in [2.75, 3.05) is 6.61 Å². The van der Waals surface area contributed by atoms with Crippen LogP contribution < -0.4 is 4.74 Å². The third kappa shape index (κ3) is 3.85. The normalized spacial score (nSPS) is 10.6. The lowest BCUT2D eigenvalue weighted by Gasteiger charge is -2.16. The third-order valence-electron chi connectivity index (χ3n) is 3.37. The van der Waals surface area contributed by atoms with E-state index in [-0.39, 0.29) is 5.92 Å². The Morgan fingerprint density at radius 1 is 1.10 bits per heavy atom. The molecule has 0 atom stereocenters. The molecule has 0 radical (unpaired) electrons. The maximum Gasteiger partial charge on any atom is 0.336 e. The zero-order chi connectivity index (χ0) is 15.2. The largest absolute Gasteiger partial charge is 0.493 e. The topological polar surface area (TPSA) is 46.5 Å². The number of rotatable bonds is 6. The van der Waals surface area contributed by atoms with Crippen molar-refractivity contribution in [1.29, 1.82) is 0 Å². The van der Waals surface area contributed by atoms with Crippen LogP contribution in [0.5, 0.6) is 5.75 Å². The van der Waals surface area contributed by atoms with Crippen LogP contribution in [-0.2, 0) is 6.42 Å². The van der Waals surface area contributed by atoms with Crippen molar-refractivity contribution in [2.45, 2.75) is 26.2 Å². The smallest absolute Gasteiger partial charge is 0.336 e. The number of ether oxygens (including phenoxy) is 1. The minimum atomic E-state index is -0.910. The second-order valence-electron chi connectivity index (χ2n) is 5.26. The highest BCUT2D eigenvalue weighted by atomic mass is 16.5. The summed E-state index contributed by atoms with van der Waals surface area (Å²) in [7, 11) is 0. The second-order valence-corrected chi connectivity index (χ2v) is 5.26. The van der Waals surface area contributed by atoms with Crippen LogP contribution in [0.1, 0.15) is 41.3 Å². The summed E-state index contributed by atoms with van der Waals surface area (Å²) in [5.41, 5.74) is 2.29. The summed E-state index contributed by atoms with van der Waals surface area (Å²) >= 11 is 0. The third-order valence-corrected chi connectivity index (χ3v) is 3.37. The molecule has 0 spiro atoms. The number of aromatic carboxylic acids is 1. The summed E-state index contributed by atoms with van der Waals surface area (Å²) in [6.07, 6.45) is 0.801. The Labute approximate surface area is 125 Å². The molecular weight excluding hydrogens is 264 g/mol. The van der Waals surface area contributed by atoms with Crippen LogP contribution in [0.3, 0.4) is 0 Å². The minimum absolute atomic E-state index is 0.101. The van der Waals surface area contributed by atoms with Crippen LogP contribution in [0, 0.1) is 0 Å². The van der Waals surface area contributed by atoms with Gasteiger partial charge in [-0.05, 0) is 23.6 Å². The zero-order valence-electron chi connectivity index (χ0n) is 12.4. The SMILES string of the molecule is CC(C)c1c(OCCc2ccccc2)cccc1C(=O)O. The molecule has 0 aliphatic rings. The molecule has 3 heteroatoms. The van der Waals surface area contributed by atoms with Crippen molar-refractivity contribution >= 4 is 5.97 Å². The highest BCUT2D eigenvalue weighted by Gasteiger charge is 2.17. The lowest BCUT2D eigenvalue weighted by atomic mass is 9.96. The van der Waals surface area contributed by atoms with E-state index in [9.17, 15) is 9.90 Å². The molecule has 0 heterocycles. The van der Waals surface area contributed by atoms with E-state index in [0.29, 0.717) is 17.9 Å². The molecule has 0 fully saturated rings. The molecule has 0 unspecified atom stereocenters. The van der Waals surface area contributed by atoms with E-state index in [2.05, 4.69) is 12.1 Å². The van der Waals surface area contributed by atoms with Gasteiger partial charge < -0.3 is 9.84 Å². The summed E-state index contributed by atoms with van der Waals surface area (Å²) in [6, 6.07) is 15.3. The molecule has 2 aromatic rings. The maximum atomic E-state index is 11.3. The molecule has 2 aromatic carbocycles. The van der Waals surface area contributed by atoms with Crippen molar-refractivity contribution in [1.82, 2.24) is 0 Å². The van der Waals surface area contributed by atoms with Crippen LogP contribution in [0.4, 0.5) is 0 Å². The average molecular weight is 284 g/mol. The minimum Gasteiger partial charge on any atom is -0.493 e. The van der Waals surface area contributed by atoms with E-state index < -0.39 is 5.97 Å². The molecule has 3 nitrogen and oxygen atoms in total. The highest BCUT2D eigenvalue weighted by Crippen LogP contribution is 2.30. The summed E-state index contributed by atoms with van der Waals surface area (Å²) in [5.74, 6) is -0.142. The molecule has 0 saturated heterocycles. The quantitative estimate of drug-likeness (QED) is 0.867. The van der Waals surface area contributed by atoms with E-state index in [0.717, 1.165) is 12.0 Å². The highest BCUT2D eigenvalue weighted by molar-refractivity contribution is 5.90. The van der Waals surface area contributed by atoms with Crippen molar-refractivity contribution < 1.29 is 14.6 Å². The first kappa shape index (κ1) is 15.1. The van der Waals surface area contributed by atoms with Crippen molar-refractivity contribution in [2.24, 2.45) is 0 Å². The molecule has 0 bridgehead atoms. The van der Waals surface area contributed by atoms with E-state index in [1.165, 1.54) is 5.56 Å². The monoisotopic (exact) mass is 284 g/mol. The fourth-order valence-corrected chi connectivity index (χ4v) is 2.38. The van der Waals surface area contributed by atoms with Gasteiger partial charge in [-0.25, -0.2) is 4.79 Å². The standard InChI is InChI=1S/C18H20O3/c1-13(2)17-15(18(19)20)9-6-10-16(17)21-12-11-14-7-4-3-5-8-14/h3-10,13H,11-12H2,1-2H3,(H,19,20). The summed E-state index contributed by atoms with van der Waals surface area (Å²) in [6.45, 7) is 4.49. The summed E-state index contributed by atoms with van der Waals surface area (Å²) in [5, 5.41) is 9.29. The molecule has 0 saturated carbocycles. The zero-order valence-corrected chi connectivity index (χ0v) is 12.4. The van der Waals surface area contributed by atoms with Crippen molar-refractivity contribution in [3.05, 3.63) is 65.2 Å². The fraction of sp³-hybridized carbons (Fsp3) is 0.278. The Hall–Kier alpha value is -2.29. The van der Waals surface area contributed by atoms with Gasteiger partial charge >= 0.3 is 5.97 Å². The number of benzene rings is 2. The first-order chi connectivity index (χ1) is 10.1. The number of hydrogen-bond donors (Lipinski definition) is 1. The van der Waals surface area contributed by atoms with Crippen LogP contribution in [0.25, 0.3) is 0 Å². The van der Waals surface area contributed by atoms with Crippen LogP contribution >= 0.6 is 0 Å². The molecule has 1 N–H and O–H groups in total. The molecule has 21 heavy (non-hydrogen) atoms. The second kappa shape index (κ2) is 6.93. The van der Waals surface area contributed by atoms with Gasteiger partial charge in [0.15, 0.2) is 0 Å². The predicted molar refractivity (Wildman–Crippen MR) is 83.1 cm³/mol. The van der Waals surface area contributed by atoms with Crippen LogP contribution in [0.15, 0.2) is 48.5 Å². The Bertz CT molecular complexity index is 603. The molecule has 0 aliphatic heterocycles.